The summed E-state index contributed by atoms with van der Waals surface area (Å²) in [4.78, 5) is 15.3. The number of aromatic nitrogens is 2. The molecule has 0 unspecified atom stereocenters. The monoisotopic (exact) mass is 399 g/mol. The Balaban J connectivity index is 1.62. The highest BCUT2D eigenvalue weighted by molar-refractivity contribution is 7.99. The molecule has 144 valence electrons. The van der Waals surface area contributed by atoms with Crippen molar-refractivity contribution in [3.05, 3.63) is 102 Å². The maximum Gasteiger partial charge on any atom is 0.259 e. The highest BCUT2D eigenvalue weighted by Gasteiger charge is 2.20. The van der Waals surface area contributed by atoms with E-state index in [4.69, 9.17) is 0 Å². The molecule has 0 aliphatic carbocycles. The van der Waals surface area contributed by atoms with Crippen LogP contribution in [0.3, 0.4) is 0 Å². The van der Waals surface area contributed by atoms with Gasteiger partial charge in [-0.15, -0.1) is 0 Å². The second-order valence-electron chi connectivity index (χ2n) is 6.66. The van der Waals surface area contributed by atoms with Crippen LogP contribution in [-0.4, -0.2) is 15.7 Å². The van der Waals surface area contributed by atoms with E-state index in [1.165, 1.54) is 0 Å². The number of hydrogen-bond acceptors (Lipinski definition) is 3. The van der Waals surface area contributed by atoms with Crippen LogP contribution in [-0.2, 0) is 0 Å². The molecule has 0 atom stereocenters. The van der Waals surface area contributed by atoms with Crippen molar-refractivity contribution in [1.82, 2.24) is 9.78 Å². The molecule has 5 heteroatoms. The van der Waals surface area contributed by atoms with Gasteiger partial charge >= 0.3 is 0 Å². The quantitative estimate of drug-likeness (QED) is 0.455. The van der Waals surface area contributed by atoms with Crippen molar-refractivity contribution >= 4 is 23.4 Å². The Hall–Kier alpha value is -3.31. The number of para-hydroxylation sites is 2. The van der Waals surface area contributed by atoms with Gasteiger partial charge in [0.25, 0.3) is 5.91 Å². The van der Waals surface area contributed by atoms with Gasteiger partial charge in [0.1, 0.15) is 0 Å². The van der Waals surface area contributed by atoms with Gasteiger partial charge in [0.05, 0.1) is 28.3 Å². The molecule has 0 aliphatic rings. The van der Waals surface area contributed by atoms with Gasteiger partial charge in [0, 0.05) is 9.79 Å². The minimum atomic E-state index is -0.150. The summed E-state index contributed by atoms with van der Waals surface area (Å²) in [5.74, 6) is -0.150. The third-order valence-corrected chi connectivity index (χ3v) is 5.71. The van der Waals surface area contributed by atoms with Gasteiger partial charge in [-0.2, -0.15) is 5.10 Å². The highest BCUT2D eigenvalue weighted by atomic mass is 32.2. The van der Waals surface area contributed by atoms with Crippen molar-refractivity contribution in [1.29, 1.82) is 0 Å². The third kappa shape index (κ3) is 4.10. The lowest BCUT2D eigenvalue weighted by molar-refractivity contribution is 0.102. The molecule has 1 aromatic heterocycles. The van der Waals surface area contributed by atoms with E-state index in [0.717, 1.165) is 26.9 Å². The molecule has 3 aromatic carbocycles. The number of benzene rings is 3. The van der Waals surface area contributed by atoms with E-state index in [9.17, 15) is 4.79 Å². The molecule has 1 heterocycles. The van der Waals surface area contributed by atoms with E-state index in [0.29, 0.717) is 11.3 Å². The summed E-state index contributed by atoms with van der Waals surface area (Å²) >= 11 is 1.63. The Morgan fingerprint density at radius 2 is 1.48 bits per heavy atom. The molecule has 4 nitrogen and oxygen atoms in total. The molecule has 4 aromatic rings. The number of nitrogens with one attached hydrogen (secondary N) is 1. The van der Waals surface area contributed by atoms with Crippen LogP contribution in [0.25, 0.3) is 5.69 Å². The van der Waals surface area contributed by atoms with Crippen molar-refractivity contribution < 1.29 is 4.79 Å². The molecular weight excluding hydrogens is 378 g/mol. The number of hydrogen-bond donors (Lipinski definition) is 1. The molecule has 0 saturated carbocycles. The first-order valence-corrected chi connectivity index (χ1v) is 10.2. The number of nitrogens with zero attached hydrogens (tertiary/aromatic N) is 2. The molecule has 0 bridgehead atoms. The molecule has 1 N–H and O–H groups in total. The Bertz CT molecular complexity index is 1140. The smallest absolute Gasteiger partial charge is 0.259 e. The van der Waals surface area contributed by atoms with Crippen LogP contribution in [0, 0.1) is 13.8 Å². The zero-order valence-electron chi connectivity index (χ0n) is 16.3. The maximum atomic E-state index is 13.1. The molecule has 0 fully saturated rings. The number of carbonyl (C=O) groups is 1. The van der Waals surface area contributed by atoms with Crippen molar-refractivity contribution in [3.63, 3.8) is 0 Å². The van der Waals surface area contributed by atoms with E-state index in [-0.39, 0.29) is 5.91 Å². The van der Waals surface area contributed by atoms with Gasteiger partial charge in [-0.3, -0.25) is 4.79 Å². The first-order valence-electron chi connectivity index (χ1n) is 9.38. The lowest BCUT2D eigenvalue weighted by atomic mass is 10.1. The van der Waals surface area contributed by atoms with Gasteiger partial charge < -0.3 is 5.32 Å². The Labute approximate surface area is 174 Å². The first-order chi connectivity index (χ1) is 14.1. The van der Waals surface area contributed by atoms with E-state index < -0.39 is 0 Å². The second kappa shape index (κ2) is 8.37. The van der Waals surface area contributed by atoms with Gasteiger partial charge in [0.2, 0.25) is 0 Å². The zero-order valence-corrected chi connectivity index (χ0v) is 17.1. The third-order valence-electron chi connectivity index (χ3n) is 4.63. The summed E-state index contributed by atoms with van der Waals surface area (Å²) in [6, 6.07) is 27.8. The predicted octanol–water partition coefficient (Wildman–Crippen LogP) is 5.89. The Morgan fingerprint density at radius 1 is 0.862 bits per heavy atom. The number of anilines is 1. The molecule has 1 amide bonds. The number of rotatable bonds is 5. The molecule has 4 rings (SSSR count). The standard InChI is InChI=1S/C24H21N3OS/c1-17-23(18(2)27(26-17)19-11-5-3-6-12-19)24(28)25-21-15-9-10-16-22(21)29-20-13-7-4-8-14-20/h3-16H,1-2H3,(H,25,28). The summed E-state index contributed by atoms with van der Waals surface area (Å²) in [5.41, 5.74) is 3.86. The largest absolute Gasteiger partial charge is 0.321 e. The maximum absolute atomic E-state index is 13.1. The van der Waals surface area contributed by atoms with Crippen LogP contribution in [0.2, 0.25) is 0 Å². The van der Waals surface area contributed by atoms with Gasteiger partial charge in [-0.05, 0) is 50.2 Å². The van der Waals surface area contributed by atoms with Crippen LogP contribution in [0.4, 0.5) is 5.69 Å². The summed E-state index contributed by atoms with van der Waals surface area (Å²) in [6.45, 7) is 3.79. The zero-order chi connectivity index (χ0) is 20.2. The first kappa shape index (κ1) is 19.0. The average molecular weight is 400 g/mol. The fraction of sp³-hybridized carbons (Fsp3) is 0.0833. The van der Waals surface area contributed by atoms with E-state index in [1.54, 1.807) is 11.8 Å². The topological polar surface area (TPSA) is 46.9 Å². The van der Waals surface area contributed by atoms with Crippen molar-refractivity contribution in [3.8, 4) is 5.69 Å². The summed E-state index contributed by atoms with van der Waals surface area (Å²) in [6.07, 6.45) is 0. The Morgan fingerprint density at radius 3 is 2.21 bits per heavy atom. The number of amides is 1. The SMILES string of the molecule is Cc1nn(-c2ccccc2)c(C)c1C(=O)Nc1ccccc1Sc1ccccc1. The molecular formula is C24H21N3OS. The van der Waals surface area contributed by atoms with E-state index in [1.807, 2.05) is 91.3 Å². The van der Waals surface area contributed by atoms with E-state index in [2.05, 4.69) is 22.5 Å². The van der Waals surface area contributed by atoms with Crippen LogP contribution in [0.5, 0.6) is 0 Å². The minimum Gasteiger partial charge on any atom is -0.321 e. The van der Waals surface area contributed by atoms with Crippen molar-refractivity contribution in [2.24, 2.45) is 0 Å². The predicted molar refractivity (Wildman–Crippen MR) is 118 cm³/mol. The molecule has 0 radical (unpaired) electrons. The summed E-state index contributed by atoms with van der Waals surface area (Å²) in [5, 5.41) is 7.66. The lowest BCUT2D eigenvalue weighted by Crippen LogP contribution is -2.14. The van der Waals surface area contributed by atoms with Gasteiger partial charge in [-0.1, -0.05) is 60.3 Å². The fourth-order valence-electron chi connectivity index (χ4n) is 3.25. The molecule has 29 heavy (non-hydrogen) atoms. The molecule has 0 spiro atoms. The number of aryl methyl sites for hydroxylation is 1. The second-order valence-corrected chi connectivity index (χ2v) is 7.77. The summed E-state index contributed by atoms with van der Waals surface area (Å²) in [7, 11) is 0. The van der Waals surface area contributed by atoms with E-state index >= 15 is 0 Å². The number of carbonyl (C=O) groups excluding carboxylic acids is 1. The normalized spacial score (nSPS) is 10.7. The van der Waals surface area contributed by atoms with Crippen LogP contribution in [0.15, 0.2) is 94.7 Å². The van der Waals surface area contributed by atoms with Crippen LogP contribution < -0.4 is 5.32 Å². The van der Waals surface area contributed by atoms with Crippen molar-refractivity contribution in [2.75, 3.05) is 5.32 Å². The summed E-state index contributed by atoms with van der Waals surface area (Å²) < 4.78 is 1.81. The van der Waals surface area contributed by atoms with Crippen molar-refractivity contribution in [2.45, 2.75) is 23.6 Å². The highest BCUT2D eigenvalue weighted by Crippen LogP contribution is 2.33. The van der Waals surface area contributed by atoms with Gasteiger partial charge in [0.15, 0.2) is 0 Å². The minimum absolute atomic E-state index is 0.150. The van der Waals surface area contributed by atoms with Crippen LogP contribution in [0.1, 0.15) is 21.7 Å². The molecule has 0 aliphatic heterocycles. The average Bonchev–Trinajstić information content (AvgIpc) is 3.05. The van der Waals surface area contributed by atoms with Crippen LogP contribution >= 0.6 is 11.8 Å². The molecule has 0 saturated heterocycles. The Kier molecular flexibility index (Phi) is 5.49. The fourth-order valence-corrected chi connectivity index (χ4v) is 4.17. The lowest BCUT2D eigenvalue weighted by Gasteiger charge is -2.11. The van der Waals surface area contributed by atoms with Gasteiger partial charge in [-0.25, -0.2) is 4.68 Å².